The van der Waals surface area contributed by atoms with Crippen molar-refractivity contribution in [3.8, 4) is 0 Å². The highest BCUT2D eigenvalue weighted by molar-refractivity contribution is 4.89. The van der Waals surface area contributed by atoms with Gasteiger partial charge in [0.1, 0.15) is 0 Å². The predicted molar refractivity (Wildman–Crippen MR) is 50.2 cm³/mol. The Hall–Kier alpha value is -0.120. The number of aliphatic hydroxyl groups is 3. The van der Waals surface area contributed by atoms with Crippen LogP contribution >= 0.6 is 0 Å². The van der Waals surface area contributed by atoms with Gasteiger partial charge in [0.25, 0.3) is 0 Å². The van der Waals surface area contributed by atoms with Crippen LogP contribution in [0.15, 0.2) is 0 Å². The summed E-state index contributed by atoms with van der Waals surface area (Å²) in [4.78, 5) is 0. The molecule has 1 aliphatic rings. The van der Waals surface area contributed by atoms with Gasteiger partial charge in [0, 0.05) is 6.61 Å². The molecule has 1 aliphatic carbocycles. The fraction of sp³-hybridized carbons (Fsp3) is 1.00. The fourth-order valence-corrected chi connectivity index (χ4v) is 2.41. The average molecular weight is 188 g/mol. The molecule has 3 nitrogen and oxygen atoms in total. The lowest BCUT2D eigenvalue weighted by Crippen LogP contribution is -2.42. The minimum atomic E-state index is -0.669. The number of rotatable bonds is 3. The summed E-state index contributed by atoms with van der Waals surface area (Å²) in [6, 6.07) is 0. The Morgan fingerprint density at radius 3 is 2.62 bits per heavy atom. The van der Waals surface area contributed by atoms with Crippen LogP contribution < -0.4 is 0 Å². The first-order chi connectivity index (χ1) is 6.14. The Bertz CT molecular complexity index is 160. The van der Waals surface area contributed by atoms with Gasteiger partial charge in [0.05, 0.1) is 12.7 Å². The molecule has 3 N–H and O–H groups in total. The maximum Gasteiger partial charge on any atom is 0.0805 e. The van der Waals surface area contributed by atoms with Gasteiger partial charge in [-0.05, 0) is 24.2 Å². The predicted octanol–water partition coefficient (Wildman–Crippen LogP) is 0.528. The van der Waals surface area contributed by atoms with Crippen LogP contribution in [-0.2, 0) is 0 Å². The highest BCUT2D eigenvalue weighted by atomic mass is 16.3. The van der Waals surface area contributed by atoms with E-state index in [1.165, 1.54) is 0 Å². The molecule has 3 atom stereocenters. The molecule has 0 heterocycles. The van der Waals surface area contributed by atoms with Crippen LogP contribution in [-0.4, -0.2) is 34.6 Å². The zero-order chi connectivity index (χ0) is 9.90. The van der Waals surface area contributed by atoms with E-state index >= 15 is 0 Å². The molecule has 0 aromatic heterocycles. The van der Waals surface area contributed by atoms with Gasteiger partial charge in [-0.25, -0.2) is 0 Å². The van der Waals surface area contributed by atoms with Crippen molar-refractivity contribution in [2.75, 3.05) is 13.2 Å². The minimum Gasteiger partial charge on any atom is -0.396 e. The Morgan fingerprint density at radius 1 is 1.38 bits per heavy atom. The molecule has 1 fully saturated rings. The first-order valence-electron chi connectivity index (χ1n) is 5.04. The van der Waals surface area contributed by atoms with Crippen molar-refractivity contribution in [2.24, 2.45) is 11.3 Å². The van der Waals surface area contributed by atoms with E-state index in [-0.39, 0.29) is 24.5 Å². The SMILES string of the molecule is CC1(CO)CCCCC1C(O)CO. The number of aliphatic hydroxyl groups excluding tert-OH is 3. The third-order valence-corrected chi connectivity index (χ3v) is 3.42. The van der Waals surface area contributed by atoms with Crippen molar-refractivity contribution >= 4 is 0 Å². The standard InChI is InChI=1S/C10H20O3/c1-10(7-12)5-3-2-4-8(10)9(13)6-11/h8-9,11-13H,2-7H2,1H3. The highest BCUT2D eigenvalue weighted by Crippen LogP contribution is 2.42. The summed E-state index contributed by atoms with van der Waals surface area (Å²) in [6.45, 7) is 1.91. The Kier molecular flexibility index (Phi) is 3.71. The molecule has 78 valence electrons. The Morgan fingerprint density at radius 2 is 2.08 bits per heavy atom. The monoisotopic (exact) mass is 188 g/mol. The quantitative estimate of drug-likeness (QED) is 0.605. The van der Waals surface area contributed by atoms with E-state index in [1.54, 1.807) is 0 Å². The summed E-state index contributed by atoms with van der Waals surface area (Å²) in [7, 11) is 0. The average Bonchev–Trinajstić information content (AvgIpc) is 2.17. The van der Waals surface area contributed by atoms with E-state index in [0.717, 1.165) is 25.7 Å². The summed E-state index contributed by atoms with van der Waals surface area (Å²) in [5.74, 6) is 0.0521. The molecule has 0 aromatic carbocycles. The second-order valence-electron chi connectivity index (χ2n) is 4.41. The zero-order valence-corrected chi connectivity index (χ0v) is 8.24. The Labute approximate surface area is 79.4 Å². The van der Waals surface area contributed by atoms with Crippen LogP contribution in [0.1, 0.15) is 32.6 Å². The first kappa shape index (κ1) is 11.0. The van der Waals surface area contributed by atoms with Gasteiger partial charge < -0.3 is 15.3 Å². The third-order valence-electron chi connectivity index (χ3n) is 3.42. The van der Waals surface area contributed by atoms with Gasteiger partial charge >= 0.3 is 0 Å². The molecule has 3 heteroatoms. The van der Waals surface area contributed by atoms with Crippen molar-refractivity contribution < 1.29 is 15.3 Å². The molecule has 1 rings (SSSR count). The molecular formula is C10H20O3. The van der Waals surface area contributed by atoms with E-state index in [4.69, 9.17) is 5.11 Å². The Balaban J connectivity index is 2.67. The molecule has 0 aromatic rings. The van der Waals surface area contributed by atoms with Gasteiger partial charge in [0.2, 0.25) is 0 Å². The van der Waals surface area contributed by atoms with E-state index in [0.29, 0.717) is 0 Å². The first-order valence-corrected chi connectivity index (χ1v) is 5.04. The molecule has 0 amide bonds. The number of hydrogen-bond donors (Lipinski definition) is 3. The summed E-state index contributed by atoms with van der Waals surface area (Å²) in [5.41, 5.74) is -0.194. The van der Waals surface area contributed by atoms with Crippen LogP contribution in [0.2, 0.25) is 0 Å². The van der Waals surface area contributed by atoms with Crippen molar-refractivity contribution in [1.82, 2.24) is 0 Å². The molecule has 0 saturated heterocycles. The lowest BCUT2D eigenvalue weighted by molar-refractivity contribution is -0.0556. The van der Waals surface area contributed by atoms with Crippen LogP contribution in [0.4, 0.5) is 0 Å². The maximum atomic E-state index is 9.59. The van der Waals surface area contributed by atoms with E-state index in [1.807, 2.05) is 6.92 Å². The number of hydrogen-bond acceptors (Lipinski definition) is 3. The van der Waals surface area contributed by atoms with Gasteiger partial charge in [0.15, 0.2) is 0 Å². The zero-order valence-electron chi connectivity index (χ0n) is 8.24. The van der Waals surface area contributed by atoms with Crippen molar-refractivity contribution in [2.45, 2.75) is 38.7 Å². The van der Waals surface area contributed by atoms with Crippen molar-refractivity contribution in [1.29, 1.82) is 0 Å². The van der Waals surface area contributed by atoms with Crippen LogP contribution in [0.25, 0.3) is 0 Å². The van der Waals surface area contributed by atoms with Gasteiger partial charge in [-0.2, -0.15) is 0 Å². The third kappa shape index (κ3) is 2.22. The van der Waals surface area contributed by atoms with Gasteiger partial charge in [-0.3, -0.25) is 0 Å². The fourth-order valence-electron chi connectivity index (χ4n) is 2.41. The smallest absolute Gasteiger partial charge is 0.0805 e. The van der Waals surface area contributed by atoms with Gasteiger partial charge in [-0.1, -0.05) is 19.8 Å². The molecule has 13 heavy (non-hydrogen) atoms. The van der Waals surface area contributed by atoms with Crippen LogP contribution in [0.3, 0.4) is 0 Å². The van der Waals surface area contributed by atoms with Crippen molar-refractivity contribution in [3.05, 3.63) is 0 Å². The molecule has 0 bridgehead atoms. The second kappa shape index (κ2) is 4.40. The second-order valence-corrected chi connectivity index (χ2v) is 4.41. The summed E-state index contributed by atoms with van der Waals surface area (Å²) in [5, 5.41) is 27.7. The topological polar surface area (TPSA) is 60.7 Å². The molecule has 1 saturated carbocycles. The maximum absolute atomic E-state index is 9.59. The lowest BCUT2D eigenvalue weighted by atomic mass is 9.66. The van der Waals surface area contributed by atoms with E-state index < -0.39 is 6.10 Å². The summed E-state index contributed by atoms with van der Waals surface area (Å²) >= 11 is 0. The lowest BCUT2D eigenvalue weighted by Gasteiger charge is -2.42. The highest BCUT2D eigenvalue weighted by Gasteiger charge is 2.39. The molecule has 0 aliphatic heterocycles. The van der Waals surface area contributed by atoms with Crippen LogP contribution in [0, 0.1) is 11.3 Å². The van der Waals surface area contributed by atoms with E-state index in [2.05, 4.69) is 0 Å². The largest absolute Gasteiger partial charge is 0.396 e. The molecule has 0 spiro atoms. The summed E-state index contributed by atoms with van der Waals surface area (Å²) < 4.78 is 0. The normalized spacial score (nSPS) is 37.4. The molecule has 0 radical (unpaired) electrons. The van der Waals surface area contributed by atoms with Crippen LogP contribution in [0.5, 0.6) is 0 Å². The summed E-state index contributed by atoms with van der Waals surface area (Å²) in [6.07, 6.45) is 3.41. The van der Waals surface area contributed by atoms with E-state index in [9.17, 15) is 10.2 Å². The molecular weight excluding hydrogens is 168 g/mol. The molecule has 3 unspecified atom stereocenters. The van der Waals surface area contributed by atoms with Gasteiger partial charge in [-0.15, -0.1) is 0 Å². The minimum absolute atomic E-state index is 0.0521. The van der Waals surface area contributed by atoms with Crippen molar-refractivity contribution in [3.63, 3.8) is 0 Å².